The average molecular weight is 442 g/mol. The largest absolute Gasteiger partial charge is 0.356 e. The average Bonchev–Trinajstić information content (AvgIpc) is 3.00. The van der Waals surface area contributed by atoms with Crippen molar-refractivity contribution in [3.8, 4) is 0 Å². The van der Waals surface area contributed by atoms with E-state index in [1.165, 1.54) is 24.6 Å². The van der Waals surface area contributed by atoms with Gasteiger partial charge in [0.1, 0.15) is 23.5 Å². The zero-order valence-corrected chi connectivity index (χ0v) is 17.6. The van der Waals surface area contributed by atoms with Gasteiger partial charge in [0.15, 0.2) is 5.03 Å². The lowest BCUT2D eigenvalue weighted by Crippen LogP contribution is -2.15. The zero-order chi connectivity index (χ0) is 20.6. The van der Waals surface area contributed by atoms with E-state index >= 15 is 0 Å². The predicted octanol–water partition coefficient (Wildman–Crippen LogP) is 5.10. The number of halogens is 3. The van der Waals surface area contributed by atoms with Gasteiger partial charge in [0.25, 0.3) is 0 Å². The number of imidazole rings is 1. The third-order valence-corrected chi connectivity index (χ3v) is 5.94. The second kappa shape index (κ2) is 7.69. The van der Waals surface area contributed by atoms with Gasteiger partial charge in [-0.15, -0.1) is 0 Å². The van der Waals surface area contributed by atoms with Crippen molar-refractivity contribution < 1.29 is 8.60 Å². The van der Waals surface area contributed by atoms with Crippen LogP contribution in [0.15, 0.2) is 35.5 Å². The third kappa shape index (κ3) is 4.29. The minimum absolute atomic E-state index is 0.0344. The molecule has 0 radical (unpaired) electrons. The number of pyridine rings is 1. The SMILES string of the molecule is Cc1cc(NC(c2ccc(F)c(Cl)c2)c2nc([S@@](C)(=N)=O)c(C)[nH]2)ncc1Cl. The summed E-state index contributed by atoms with van der Waals surface area (Å²) in [4.78, 5) is 11.7. The molecular weight excluding hydrogens is 424 g/mol. The van der Waals surface area contributed by atoms with Gasteiger partial charge in [-0.2, -0.15) is 0 Å². The molecule has 3 N–H and O–H groups in total. The van der Waals surface area contributed by atoms with Crippen molar-refractivity contribution in [1.82, 2.24) is 15.0 Å². The summed E-state index contributed by atoms with van der Waals surface area (Å²) in [5, 5.41) is 3.89. The van der Waals surface area contributed by atoms with Gasteiger partial charge in [0.05, 0.1) is 19.8 Å². The highest BCUT2D eigenvalue weighted by Gasteiger charge is 2.23. The molecule has 0 fully saturated rings. The van der Waals surface area contributed by atoms with Gasteiger partial charge in [0, 0.05) is 18.1 Å². The number of aromatic nitrogens is 3. The molecule has 6 nitrogen and oxygen atoms in total. The van der Waals surface area contributed by atoms with E-state index in [-0.39, 0.29) is 10.0 Å². The zero-order valence-electron chi connectivity index (χ0n) is 15.3. The highest BCUT2D eigenvalue weighted by molar-refractivity contribution is 7.91. The molecule has 2 heterocycles. The van der Waals surface area contributed by atoms with E-state index in [1.54, 1.807) is 19.1 Å². The Bertz CT molecular complexity index is 1150. The number of rotatable bonds is 5. The predicted molar refractivity (Wildman–Crippen MR) is 109 cm³/mol. The summed E-state index contributed by atoms with van der Waals surface area (Å²) >= 11 is 12.0. The number of hydrogen-bond acceptors (Lipinski definition) is 5. The fourth-order valence-corrected chi connectivity index (χ4v) is 3.95. The van der Waals surface area contributed by atoms with Crippen molar-refractivity contribution in [2.45, 2.75) is 24.9 Å². The van der Waals surface area contributed by atoms with Gasteiger partial charge in [-0.1, -0.05) is 29.3 Å². The van der Waals surface area contributed by atoms with Gasteiger partial charge in [0.2, 0.25) is 0 Å². The van der Waals surface area contributed by atoms with Crippen LogP contribution in [0.1, 0.15) is 28.7 Å². The molecule has 1 aromatic carbocycles. The number of benzene rings is 1. The van der Waals surface area contributed by atoms with Crippen LogP contribution in [0.5, 0.6) is 0 Å². The Labute approximate surface area is 172 Å². The maximum atomic E-state index is 13.6. The third-order valence-electron chi connectivity index (χ3n) is 4.12. The maximum Gasteiger partial charge on any atom is 0.156 e. The standard InChI is InChI=1S/C18H18Cl2FN5OS/c1-9-6-15(23-8-13(9)20)25-16(11-4-5-14(21)12(19)7-11)17-24-10(2)18(26-17)28(3,22)27/h4-8,16,22H,1-3H3,(H,23,25)(H,24,26)/t16?,28-/m0/s1. The normalized spacial score (nSPS) is 14.5. The number of anilines is 1. The van der Waals surface area contributed by atoms with E-state index in [4.69, 9.17) is 28.0 Å². The van der Waals surface area contributed by atoms with E-state index in [0.717, 1.165) is 5.56 Å². The maximum absolute atomic E-state index is 13.6. The lowest BCUT2D eigenvalue weighted by Gasteiger charge is -2.19. The Kier molecular flexibility index (Phi) is 5.65. The highest BCUT2D eigenvalue weighted by atomic mass is 35.5. The molecule has 0 bridgehead atoms. The van der Waals surface area contributed by atoms with Crippen LogP contribution in [0.3, 0.4) is 0 Å². The lowest BCUT2D eigenvalue weighted by molar-refractivity contribution is 0.627. The topological polar surface area (TPSA) is 94.5 Å². The Morgan fingerprint density at radius 3 is 2.54 bits per heavy atom. The first kappa shape index (κ1) is 20.6. The number of nitrogens with one attached hydrogen (secondary N) is 3. The molecule has 0 amide bonds. The molecular formula is C18H18Cl2FN5OS. The van der Waals surface area contributed by atoms with Gasteiger partial charge < -0.3 is 10.3 Å². The van der Waals surface area contributed by atoms with Crippen molar-refractivity contribution in [3.05, 3.63) is 69.0 Å². The van der Waals surface area contributed by atoms with E-state index in [2.05, 4.69) is 20.3 Å². The molecule has 2 aromatic heterocycles. The summed E-state index contributed by atoms with van der Waals surface area (Å²) in [5.41, 5.74) is 1.97. The van der Waals surface area contributed by atoms with Crippen LogP contribution in [0.4, 0.5) is 10.2 Å². The van der Waals surface area contributed by atoms with E-state index in [1.807, 2.05) is 6.92 Å². The summed E-state index contributed by atoms with van der Waals surface area (Å²) < 4.78 is 33.7. The van der Waals surface area contributed by atoms with Crippen molar-refractivity contribution in [3.63, 3.8) is 0 Å². The first-order chi connectivity index (χ1) is 13.1. The van der Waals surface area contributed by atoms with Crippen molar-refractivity contribution in [2.75, 3.05) is 11.6 Å². The van der Waals surface area contributed by atoms with Gasteiger partial charge in [-0.05, 0) is 43.2 Å². The van der Waals surface area contributed by atoms with Crippen LogP contribution >= 0.6 is 23.2 Å². The Morgan fingerprint density at radius 2 is 1.96 bits per heavy atom. The fraction of sp³-hybridized carbons (Fsp3) is 0.222. The van der Waals surface area contributed by atoms with Crippen LogP contribution < -0.4 is 5.32 Å². The van der Waals surface area contributed by atoms with Gasteiger partial charge >= 0.3 is 0 Å². The summed E-state index contributed by atoms with van der Waals surface area (Å²) in [6.07, 6.45) is 2.83. The molecule has 28 heavy (non-hydrogen) atoms. The van der Waals surface area contributed by atoms with Crippen LogP contribution in [0.25, 0.3) is 0 Å². The minimum Gasteiger partial charge on any atom is -0.356 e. The first-order valence-electron chi connectivity index (χ1n) is 8.20. The van der Waals surface area contributed by atoms with E-state index in [0.29, 0.717) is 27.9 Å². The highest BCUT2D eigenvalue weighted by Crippen LogP contribution is 2.30. The monoisotopic (exact) mass is 441 g/mol. The summed E-state index contributed by atoms with van der Waals surface area (Å²) in [6, 6.07) is 5.49. The van der Waals surface area contributed by atoms with E-state index in [9.17, 15) is 8.60 Å². The minimum atomic E-state index is -3.02. The molecule has 3 rings (SSSR count). The summed E-state index contributed by atoms with van der Waals surface area (Å²) in [6.45, 7) is 3.54. The smallest absolute Gasteiger partial charge is 0.156 e. The first-order valence-corrected chi connectivity index (χ1v) is 10.9. The molecule has 148 valence electrons. The summed E-state index contributed by atoms with van der Waals surface area (Å²) in [5.74, 6) is 0.390. The molecule has 2 atom stereocenters. The molecule has 0 saturated carbocycles. The number of aromatic amines is 1. The molecule has 1 unspecified atom stereocenters. The lowest BCUT2D eigenvalue weighted by atomic mass is 10.1. The van der Waals surface area contributed by atoms with Crippen molar-refractivity contribution in [1.29, 1.82) is 4.78 Å². The van der Waals surface area contributed by atoms with Crippen LogP contribution in [0, 0.1) is 24.4 Å². The molecule has 0 saturated heterocycles. The van der Waals surface area contributed by atoms with Gasteiger partial charge in [-0.25, -0.2) is 23.3 Å². The molecule has 0 aliphatic rings. The molecule has 0 aliphatic heterocycles. The number of hydrogen-bond donors (Lipinski definition) is 3. The fourth-order valence-electron chi connectivity index (χ4n) is 2.75. The molecule has 3 aromatic rings. The summed E-state index contributed by atoms with van der Waals surface area (Å²) in [7, 11) is -3.02. The van der Waals surface area contributed by atoms with Crippen LogP contribution in [-0.2, 0) is 9.73 Å². The Morgan fingerprint density at radius 1 is 1.25 bits per heavy atom. The quantitative estimate of drug-likeness (QED) is 0.512. The van der Waals surface area contributed by atoms with Gasteiger partial charge in [-0.3, -0.25) is 0 Å². The number of nitrogens with zero attached hydrogens (tertiary/aromatic N) is 2. The molecule has 0 aliphatic carbocycles. The second-order valence-corrected chi connectivity index (χ2v) is 9.35. The number of H-pyrrole nitrogens is 1. The second-order valence-electron chi connectivity index (χ2n) is 6.47. The number of aryl methyl sites for hydroxylation is 2. The Hall–Kier alpha value is -2.16. The molecule has 0 spiro atoms. The van der Waals surface area contributed by atoms with Crippen molar-refractivity contribution in [2.24, 2.45) is 0 Å². The van der Waals surface area contributed by atoms with Crippen molar-refractivity contribution >= 4 is 38.7 Å². The molecule has 10 heteroatoms. The van der Waals surface area contributed by atoms with Crippen LogP contribution in [-0.4, -0.2) is 25.4 Å². The van der Waals surface area contributed by atoms with E-state index < -0.39 is 21.6 Å². The Balaban J connectivity index is 2.11. The van der Waals surface area contributed by atoms with Crippen LogP contribution in [0.2, 0.25) is 10.0 Å².